The van der Waals surface area contributed by atoms with Crippen molar-refractivity contribution in [1.29, 1.82) is 0 Å². The summed E-state index contributed by atoms with van der Waals surface area (Å²) in [6, 6.07) is 19.7. The molecule has 0 radical (unpaired) electrons. The van der Waals surface area contributed by atoms with E-state index >= 15 is 0 Å². The summed E-state index contributed by atoms with van der Waals surface area (Å²) in [7, 11) is 0. The fraction of sp³-hybridized carbons (Fsp3) is 0.0833. The van der Waals surface area contributed by atoms with E-state index in [0.29, 0.717) is 23.6 Å². The van der Waals surface area contributed by atoms with Crippen LogP contribution in [0.2, 0.25) is 0 Å². The highest BCUT2D eigenvalue weighted by molar-refractivity contribution is 8.02. The van der Waals surface area contributed by atoms with E-state index in [1.807, 2.05) is 72.3 Å². The van der Waals surface area contributed by atoms with Crippen LogP contribution in [0.4, 0.5) is 0 Å². The first-order chi connectivity index (χ1) is 14.8. The number of aromatic nitrogens is 2. The molecule has 1 aliphatic heterocycles. The number of thioether (sulfide) groups is 1. The number of hydrogen-bond donors (Lipinski definition) is 2. The van der Waals surface area contributed by atoms with Crippen LogP contribution >= 0.6 is 11.8 Å². The van der Waals surface area contributed by atoms with Gasteiger partial charge in [-0.05, 0) is 23.8 Å². The number of Topliss-reactive ketones (excluding diaryl/α,β-unsaturated/α-hetero) is 1. The van der Waals surface area contributed by atoms with Crippen molar-refractivity contribution in [2.24, 2.45) is 0 Å². The van der Waals surface area contributed by atoms with Gasteiger partial charge in [-0.15, -0.1) is 11.8 Å². The van der Waals surface area contributed by atoms with Gasteiger partial charge in [0, 0.05) is 35.1 Å². The van der Waals surface area contributed by atoms with Crippen LogP contribution in [0, 0.1) is 0 Å². The first kappa shape index (κ1) is 18.5. The summed E-state index contributed by atoms with van der Waals surface area (Å²) in [5.74, 6) is 0.631. The molecule has 1 atom stereocenters. The number of H-pyrrole nitrogens is 1. The number of rotatable bonds is 6. The third kappa shape index (κ3) is 3.57. The van der Waals surface area contributed by atoms with E-state index in [4.69, 9.17) is 4.74 Å². The summed E-state index contributed by atoms with van der Waals surface area (Å²) in [6.45, 7) is 0.443. The minimum Gasteiger partial charge on any atom is -0.488 e. The Morgan fingerprint density at radius 2 is 1.97 bits per heavy atom. The Labute approximate surface area is 178 Å². The van der Waals surface area contributed by atoms with Crippen LogP contribution in [0.1, 0.15) is 26.9 Å². The van der Waals surface area contributed by atoms with Crippen molar-refractivity contribution in [3.8, 4) is 5.75 Å². The topological polar surface area (TPSA) is 67.0 Å². The second-order valence-corrected chi connectivity index (χ2v) is 7.94. The van der Waals surface area contributed by atoms with E-state index < -0.39 is 0 Å². The predicted molar refractivity (Wildman–Crippen MR) is 119 cm³/mol. The number of ether oxygens (including phenoxy) is 1. The number of benzene rings is 2. The molecule has 5 rings (SSSR count). The Kier molecular flexibility index (Phi) is 4.99. The quantitative estimate of drug-likeness (QED) is 0.425. The molecule has 6 heteroatoms. The molecule has 2 aromatic heterocycles. The van der Waals surface area contributed by atoms with Gasteiger partial charge in [0.25, 0.3) is 0 Å². The number of ketones is 1. The number of nitrogens with zero attached hydrogens (tertiary/aromatic N) is 1. The Morgan fingerprint density at radius 3 is 2.80 bits per heavy atom. The zero-order chi connectivity index (χ0) is 20.3. The van der Waals surface area contributed by atoms with Gasteiger partial charge >= 0.3 is 0 Å². The number of allylic oxidation sites excluding steroid dienone is 1. The molecule has 148 valence electrons. The van der Waals surface area contributed by atoms with Crippen LogP contribution in [0.3, 0.4) is 0 Å². The van der Waals surface area contributed by atoms with Crippen molar-refractivity contribution in [3.05, 3.63) is 107 Å². The Morgan fingerprint density at radius 1 is 1.07 bits per heavy atom. The van der Waals surface area contributed by atoms with Crippen molar-refractivity contribution >= 4 is 28.4 Å². The first-order valence-electron chi connectivity index (χ1n) is 9.63. The van der Waals surface area contributed by atoms with Crippen LogP contribution in [0.15, 0.2) is 90.4 Å². The van der Waals surface area contributed by atoms with Crippen molar-refractivity contribution < 1.29 is 9.53 Å². The Bertz CT molecular complexity index is 1220. The lowest BCUT2D eigenvalue weighted by atomic mass is 10.1. The summed E-state index contributed by atoms with van der Waals surface area (Å²) in [6.07, 6.45) is 5.31. The molecule has 0 aliphatic carbocycles. The lowest BCUT2D eigenvalue weighted by Crippen LogP contribution is -2.19. The van der Waals surface area contributed by atoms with Crippen molar-refractivity contribution in [2.45, 2.75) is 12.0 Å². The predicted octanol–water partition coefficient (Wildman–Crippen LogP) is 5.20. The maximum absolute atomic E-state index is 13.3. The van der Waals surface area contributed by atoms with Gasteiger partial charge in [-0.3, -0.25) is 9.78 Å². The second kappa shape index (κ2) is 8.08. The van der Waals surface area contributed by atoms with Crippen LogP contribution in [0.5, 0.6) is 5.75 Å². The molecule has 2 aromatic carbocycles. The normalized spacial score (nSPS) is 15.6. The van der Waals surface area contributed by atoms with Gasteiger partial charge < -0.3 is 15.0 Å². The number of fused-ring (bicyclic) bond motifs is 1. The van der Waals surface area contributed by atoms with E-state index in [9.17, 15) is 4.79 Å². The van der Waals surface area contributed by atoms with Gasteiger partial charge in [-0.1, -0.05) is 42.5 Å². The monoisotopic (exact) mass is 413 g/mol. The van der Waals surface area contributed by atoms with E-state index in [1.165, 1.54) is 0 Å². The smallest absolute Gasteiger partial charge is 0.211 e. The average molecular weight is 414 g/mol. The molecule has 30 heavy (non-hydrogen) atoms. The number of carbonyl (C=O) groups is 1. The summed E-state index contributed by atoms with van der Waals surface area (Å²) >= 11 is 1.57. The SMILES string of the molecule is O=C(C1=CSC(c2cccnc2)N1)c1c[nH]c2cccc(OCc3ccccc3)c12. The molecule has 0 amide bonds. The number of carbonyl (C=O) groups excluding carboxylic acids is 1. The molecule has 1 aliphatic rings. The van der Waals surface area contributed by atoms with Crippen LogP contribution < -0.4 is 10.1 Å². The van der Waals surface area contributed by atoms with Crippen molar-refractivity contribution in [3.63, 3.8) is 0 Å². The molecular weight excluding hydrogens is 394 g/mol. The van der Waals surface area contributed by atoms with E-state index in [-0.39, 0.29) is 11.2 Å². The van der Waals surface area contributed by atoms with Crippen LogP contribution in [0.25, 0.3) is 10.9 Å². The number of nitrogens with one attached hydrogen (secondary N) is 2. The third-order valence-electron chi connectivity index (χ3n) is 4.99. The molecule has 4 aromatic rings. The van der Waals surface area contributed by atoms with Gasteiger partial charge in [0.2, 0.25) is 5.78 Å². The molecule has 0 fully saturated rings. The molecule has 2 N–H and O–H groups in total. The average Bonchev–Trinajstić information content (AvgIpc) is 3.47. The Balaban J connectivity index is 1.40. The van der Waals surface area contributed by atoms with Gasteiger partial charge in [-0.2, -0.15) is 0 Å². The van der Waals surface area contributed by atoms with Crippen LogP contribution in [-0.2, 0) is 6.61 Å². The molecular formula is C24H19N3O2S. The lowest BCUT2D eigenvalue weighted by Gasteiger charge is -2.12. The number of pyridine rings is 1. The van der Waals surface area contributed by atoms with Gasteiger partial charge in [0.05, 0.1) is 16.6 Å². The van der Waals surface area contributed by atoms with E-state index in [1.54, 1.807) is 24.2 Å². The van der Waals surface area contributed by atoms with Gasteiger partial charge in [0.15, 0.2) is 0 Å². The van der Waals surface area contributed by atoms with Crippen molar-refractivity contribution in [2.75, 3.05) is 0 Å². The summed E-state index contributed by atoms with van der Waals surface area (Å²) in [5, 5.41) is 5.98. The highest BCUT2D eigenvalue weighted by atomic mass is 32.2. The minimum atomic E-state index is -0.0594. The molecule has 0 spiro atoms. The first-order valence-corrected chi connectivity index (χ1v) is 10.6. The van der Waals surface area contributed by atoms with E-state index in [2.05, 4.69) is 15.3 Å². The Hall–Kier alpha value is -3.51. The summed E-state index contributed by atoms with van der Waals surface area (Å²) < 4.78 is 6.08. The maximum atomic E-state index is 13.3. The standard InChI is InChI=1S/C24H19N3O2S/c28-23(20-15-30-24(27-20)17-8-5-11-25-12-17)18-13-26-19-9-4-10-21(22(18)19)29-14-16-6-2-1-3-7-16/h1-13,15,24,26-27H,14H2. The summed E-state index contributed by atoms with van der Waals surface area (Å²) in [4.78, 5) is 20.7. The highest BCUT2D eigenvalue weighted by Gasteiger charge is 2.26. The number of aromatic amines is 1. The van der Waals surface area contributed by atoms with E-state index in [0.717, 1.165) is 22.0 Å². The second-order valence-electron chi connectivity index (χ2n) is 6.96. The zero-order valence-corrected chi connectivity index (χ0v) is 16.9. The minimum absolute atomic E-state index is 0.0170. The molecule has 0 saturated heterocycles. The fourth-order valence-corrected chi connectivity index (χ4v) is 4.43. The van der Waals surface area contributed by atoms with Crippen LogP contribution in [-0.4, -0.2) is 15.8 Å². The van der Waals surface area contributed by atoms with Gasteiger partial charge in [0.1, 0.15) is 17.7 Å². The van der Waals surface area contributed by atoms with Crippen molar-refractivity contribution in [1.82, 2.24) is 15.3 Å². The molecule has 3 heterocycles. The highest BCUT2D eigenvalue weighted by Crippen LogP contribution is 2.36. The fourth-order valence-electron chi connectivity index (χ4n) is 3.49. The lowest BCUT2D eigenvalue weighted by molar-refractivity contribution is 0.102. The van der Waals surface area contributed by atoms with Gasteiger partial charge in [-0.25, -0.2) is 0 Å². The summed E-state index contributed by atoms with van der Waals surface area (Å²) in [5.41, 5.74) is 4.16. The third-order valence-corrected chi connectivity index (χ3v) is 6.02. The molecule has 1 unspecified atom stereocenters. The number of hydrogen-bond acceptors (Lipinski definition) is 5. The molecule has 0 saturated carbocycles. The largest absolute Gasteiger partial charge is 0.488 e. The molecule has 5 nitrogen and oxygen atoms in total. The molecule has 0 bridgehead atoms. The maximum Gasteiger partial charge on any atom is 0.211 e. The zero-order valence-electron chi connectivity index (χ0n) is 16.0.